The minimum absolute atomic E-state index is 0.00818. The van der Waals surface area contributed by atoms with E-state index in [4.69, 9.17) is 36.8 Å². The van der Waals surface area contributed by atoms with Crippen molar-refractivity contribution in [3.05, 3.63) is 121 Å². The molecule has 18 rings (SSSR count). The van der Waals surface area contributed by atoms with Gasteiger partial charge in [-0.15, -0.1) is 0 Å². The van der Waals surface area contributed by atoms with Crippen LogP contribution in [0.4, 0.5) is 0 Å². The van der Waals surface area contributed by atoms with Gasteiger partial charge in [0.2, 0.25) is 6.61 Å². The summed E-state index contributed by atoms with van der Waals surface area (Å²) in [5.41, 5.74) is 18.7. The molecule has 654 valence electrons. The van der Waals surface area contributed by atoms with Gasteiger partial charge in [-0.05, 0) is 207 Å². The Bertz CT molecular complexity index is 5060. The molecule has 3 aromatic heterocycles. The number of hydrogen-bond donors (Lipinski definition) is 6. The summed E-state index contributed by atoms with van der Waals surface area (Å²) in [5, 5.41) is 39.2. The molecule has 6 unspecified atom stereocenters. The van der Waals surface area contributed by atoms with Crippen molar-refractivity contribution in [1.29, 1.82) is 0 Å². The normalized spacial score (nSPS) is 30.4. The van der Waals surface area contributed by atoms with Gasteiger partial charge in [-0.3, -0.25) is 53.1 Å². The van der Waals surface area contributed by atoms with Crippen molar-refractivity contribution in [2.24, 2.45) is 68.2 Å². The summed E-state index contributed by atoms with van der Waals surface area (Å²) in [5.74, 6) is -0.522. The number of nitrogens with zero attached hydrogens (tertiary/aromatic N) is 12. The maximum absolute atomic E-state index is 14.3. The smallest absolute Gasteiger partial charge is 0.344 e. The van der Waals surface area contributed by atoms with Gasteiger partial charge in [0.1, 0.15) is 11.4 Å². The SMILES string of the molecule is NC(=O)/C(=N\OCC(=O)O)c1nc2ccccc2n(C2C[C@H]3CCC[C@@H](C2)N3C2C[C@H]3CCC[C@@H](C2)C3)c1=O.NC(=O)CO/N=C(\CCC(=O)O)c1nc2ccccc2n(C2C[C@H]3CCC[C@@H](C2)N3C2C[C@H]3CCCC[C@@H](C2)C3)c1=O.NC(=O)CO/N=C(\CCC(=O)O)c1nc2ccccc2n(C2C[C@H]3CCC[C@@H](C2)N3C2C[C@H]3CCC[C@@H](C2)C3)c1=O. The molecule has 3 aromatic carbocycles. The molecule has 18 atom stereocenters. The molecule has 6 aromatic rings. The Hall–Kier alpha value is -9.81. The standard InChI is InChI=1S/C32H43N5O5.C31H41N5O5.C29H37N5O5/c33-29(38)19-42-35-27(12-13-30(39)40)31-32(41)37(28-11-4-3-10-26(28)34-31)25-17-22-8-5-9-23(18-25)36(22)24-15-20-6-1-2-7-21(14-20)16-24;32-28(37)18-41-34-26(11-12-29(38)39)30-31(40)36(27-10-2-1-9-25(27)33-30)24-16-21-7-4-8-22(17-24)35(21)23-14-19-5-3-6-20(13-19)15-23;30-28(37)26(32-39-16-25(35)36)27-29(38)34(24-10-2-1-9-23(24)31-27)22-14-19-7-4-8-20(15-22)33(19)21-12-17-5-3-6-18(11-17)13-21/h3-4,10-11,20-25H,1-2,5-9,12-19H2,(H2,33,38)(H,39,40);1-2,9-10,19-24H,3-8,11-18H2,(H2,32,37)(H,38,39);1-2,9-10,17-22H,3-8,11-16H2,(H2,30,37)(H,35,36)/b35-27+;34-26+;32-26-/t20-,21+,22-,23+,24?,25?;19-,20+,21-,22+,23?,24?;17-,18+,19-,20+,21?,22?. The molecule has 12 aliphatic rings. The van der Waals surface area contributed by atoms with E-state index >= 15 is 0 Å². The highest BCUT2D eigenvalue weighted by molar-refractivity contribution is 6.44. The van der Waals surface area contributed by atoms with E-state index in [0.717, 1.165) is 124 Å². The fourth-order valence-electron chi connectivity index (χ4n) is 25.2. The van der Waals surface area contributed by atoms with Crippen LogP contribution in [0.25, 0.3) is 33.1 Å². The molecule has 12 bridgehead atoms. The third-order valence-corrected chi connectivity index (χ3v) is 29.6. The first kappa shape index (κ1) is 85.7. The van der Waals surface area contributed by atoms with E-state index in [1.165, 1.54) is 141 Å². The van der Waals surface area contributed by atoms with Gasteiger partial charge in [0.05, 0.1) is 45.9 Å². The first-order valence-electron chi connectivity index (χ1n) is 45.6. The van der Waals surface area contributed by atoms with E-state index in [9.17, 15) is 53.4 Å². The second-order valence-corrected chi connectivity index (χ2v) is 37.5. The topological polar surface area (TPSA) is 420 Å². The highest BCUT2D eigenvalue weighted by Crippen LogP contribution is 2.52. The third kappa shape index (κ3) is 19.4. The molecule has 122 heavy (non-hydrogen) atoms. The third-order valence-electron chi connectivity index (χ3n) is 29.6. The Morgan fingerprint density at radius 3 is 0.918 bits per heavy atom. The number of aromatic nitrogens is 6. The summed E-state index contributed by atoms with van der Waals surface area (Å²) >= 11 is 0. The molecule has 30 nitrogen and oxygen atoms in total. The maximum Gasteiger partial charge on any atom is 0.344 e. The molecule has 6 aliphatic heterocycles. The van der Waals surface area contributed by atoms with Gasteiger partial charge in [-0.25, -0.2) is 19.7 Å². The Morgan fingerprint density at radius 1 is 0.328 bits per heavy atom. The van der Waals surface area contributed by atoms with Crippen LogP contribution in [0.2, 0.25) is 0 Å². The quantitative estimate of drug-likeness (QED) is 0.0229. The van der Waals surface area contributed by atoms with Crippen LogP contribution in [0.15, 0.2) is 103 Å². The maximum atomic E-state index is 14.3. The number of aliphatic carboxylic acids is 3. The number of carbonyl (C=O) groups is 6. The van der Waals surface area contributed by atoms with Crippen molar-refractivity contribution in [2.75, 3.05) is 19.8 Å². The van der Waals surface area contributed by atoms with Crippen LogP contribution >= 0.6 is 0 Å². The first-order chi connectivity index (χ1) is 59.1. The number of carbonyl (C=O) groups excluding carboxylic acids is 3. The molecule has 0 spiro atoms. The van der Waals surface area contributed by atoms with Gasteiger partial charge in [-0.1, -0.05) is 135 Å². The van der Waals surface area contributed by atoms with Gasteiger partial charge in [0.25, 0.3) is 34.4 Å². The molecule has 9 heterocycles. The van der Waals surface area contributed by atoms with E-state index in [2.05, 4.69) is 45.1 Å². The van der Waals surface area contributed by atoms with E-state index in [1.54, 1.807) is 10.6 Å². The number of piperidine rings is 6. The lowest BCUT2D eigenvalue weighted by molar-refractivity contribution is -0.142. The van der Waals surface area contributed by atoms with Crippen LogP contribution in [0, 0.1) is 35.5 Å². The summed E-state index contributed by atoms with van der Waals surface area (Å²) in [6.07, 6.45) is 41.4. The van der Waals surface area contributed by atoms with Crippen molar-refractivity contribution in [1.82, 2.24) is 43.4 Å². The number of rotatable bonds is 25. The number of para-hydroxylation sites is 6. The first-order valence-corrected chi connectivity index (χ1v) is 45.6. The fourth-order valence-corrected chi connectivity index (χ4v) is 25.2. The summed E-state index contributed by atoms with van der Waals surface area (Å²) in [6, 6.07) is 27.2. The van der Waals surface area contributed by atoms with Crippen LogP contribution in [0.5, 0.6) is 0 Å². The molecule has 6 saturated carbocycles. The number of carboxylic acid groups (broad SMARTS) is 3. The Morgan fingerprint density at radius 2 is 0.615 bits per heavy atom. The van der Waals surface area contributed by atoms with Crippen molar-refractivity contribution in [2.45, 2.75) is 316 Å². The highest BCUT2D eigenvalue weighted by atomic mass is 16.6. The minimum Gasteiger partial charge on any atom is -0.481 e. The molecule has 3 amide bonds. The number of benzene rings is 3. The fraction of sp³-hybridized carbons (Fsp3) is 0.641. The second kappa shape index (κ2) is 38.5. The van der Waals surface area contributed by atoms with Gasteiger partial charge >= 0.3 is 17.9 Å². The van der Waals surface area contributed by atoms with Gasteiger partial charge < -0.3 is 60.7 Å². The largest absolute Gasteiger partial charge is 0.481 e. The molecular formula is C92H121N15O15. The van der Waals surface area contributed by atoms with Crippen molar-refractivity contribution >= 4 is 85.9 Å². The van der Waals surface area contributed by atoms with Crippen LogP contribution in [-0.4, -0.2) is 186 Å². The van der Waals surface area contributed by atoms with Crippen LogP contribution < -0.4 is 33.9 Å². The molecule has 9 N–H and O–H groups in total. The lowest BCUT2D eigenvalue weighted by atomic mass is 9.68. The number of nitrogens with two attached hydrogens (primary N) is 3. The number of hydrogen-bond acceptors (Lipinski definition) is 21. The van der Waals surface area contributed by atoms with Crippen molar-refractivity contribution < 1.29 is 58.6 Å². The average molecular weight is 1680 g/mol. The zero-order valence-corrected chi connectivity index (χ0v) is 70.2. The predicted molar refractivity (Wildman–Crippen MR) is 459 cm³/mol. The van der Waals surface area contributed by atoms with Gasteiger partial charge in [-0.2, -0.15) is 0 Å². The highest BCUT2D eigenvalue weighted by Gasteiger charge is 2.50. The molecular weight excluding hydrogens is 1560 g/mol. The van der Waals surface area contributed by atoms with Crippen molar-refractivity contribution in [3.8, 4) is 0 Å². The van der Waals surface area contributed by atoms with E-state index in [-0.39, 0.29) is 83.4 Å². The Kier molecular flexibility index (Phi) is 27.1. The van der Waals surface area contributed by atoms with Crippen LogP contribution in [-0.2, 0) is 43.3 Å². The van der Waals surface area contributed by atoms with Crippen LogP contribution in [0.1, 0.15) is 279 Å². The van der Waals surface area contributed by atoms with Crippen LogP contribution in [0.3, 0.4) is 0 Å². The molecule has 30 heteroatoms. The zero-order chi connectivity index (χ0) is 84.8. The zero-order valence-electron chi connectivity index (χ0n) is 70.2. The molecule has 12 fully saturated rings. The summed E-state index contributed by atoms with van der Waals surface area (Å²) in [6.45, 7) is -1.70. The lowest BCUT2D eigenvalue weighted by Gasteiger charge is -2.55. The number of primary amides is 3. The molecule has 6 saturated heterocycles. The second-order valence-electron chi connectivity index (χ2n) is 37.5. The van der Waals surface area contributed by atoms with Crippen molar-refractivity contribution in [3.63, 3.8) is 0 Å². The number of carboxylic acids is 3. The Labute approximate surface area is 709 Å². The lowest BCUT2D eigenvalue weighted by Crippen LogP contribution is -2.58. The summed E-state index contributed by atoms with van der Waals surface area (Å²) in [4.78, 5) is 148. The monoisotopic (exact) mass is 1680 g/mol. The number of oxime groups is 3. The van der Waals surface area contributed by atoms with Gasteiger partial charge in [0, 0.05) is 85.3 Å². The van der Waals surface area contributed by atoms with E-state index in [0.29, 0.717) is 76.4 Å². The predicted octanol–water partition coefficient (Wildman–Crippen LogP) is 11.6. The Balaban J connectivity index is 0.000000136. The summed E-state index contributed by atoms with van der Waals surface area (Å²) < 4.78 is 5.57. The average Bonchev–Trinajstić information content (AvgIpc) is 0.864. The van der Waals surface area contributed by atoms with Gasteiger partial charge in [0.15, 0.2) is 36.0 Å². The minimum atomic E-state index is -1.26. The van der Waals surface area contributed by atoms with E-state index < -0.39 is 66.7 Å². The molecule has 0 radical (unpaired) electrons. The molecule has 6 aliphatic carbocycles. The number of fused-ring (bicyclic) bond motifs is 15. The number of amides is 3. The van der Waals surface area contributed by atoms with E-state index in [1.807, 2.05) is 75.9 Å². The summed E-state index contributed by atoms with van der Waals surface area (Å²) in [7, 11) is 0.